The normalized spacial score (nSPS) is 16.0. The fourth-order valence-electron chi connectivity index (χ4n) is 2.65. The minimum Gasteiger partial charge on any atom is -0.460 e. The summed E-state index contributed by atoms with van der Waals surface area (Å²) in [5.41, 5.74) is -0.233. The molecule has 0 radical (unpaired) electrons. The van der Waals surface area contributed by atoms with Gasteiger partial charge in [-0.15, -0.1) is 0 Å². The number of hydrogen-bond acceptors (Lipinski definition) is 3. The molecule has 1 saturated heterocycles. The third-order valence-corrected chi connectivity index (χ3v) is 6.37. The van der Waals surface area contributed by atoms with Crippen LogP contribution in [-0.2, 0) is 22.9 Å². The van der Waals surface area contributed by atoms with E-state index in [0.717, 1.165) is 18.6 Å². The van der Waals surface area contributed by atoms with Crippen molar-refractivity contribution in [3.8, 4) is 11.3 Å². The maximum absolute atomic E-state index is 12.6. The van der Waals surface area contributed by atoms with Crippen molar-refractivity contribution in [3.05, 3.63) is 47.7 Å². The lowest BCUT2D eigenvalue weighted by atomic mass is 10.1. The van der Waals surface area contributed by atoms with E-state index in [0.29, 0.717) is 36.7 Å². The third-order valence-electron chi connectivity index (χ3n) is 4.31. The first-order valence-electron chi connectivity index (χ1n) is 8.23. The van der Waals surface area contributed by atoms with Gasteiger partial charge in [0.15, 0.2) is 0 Å². The predicted molar refractivity (Wildman–Crippen MR) is 90.3 cm³/mol. The molecule has 2 aromatic rings. The van der Waals surface area contributed by atoms with E-state index in [2.05, 4.69) is 0 Å². The third kappa shape index (κ3) is 3.79. The van der Waals surface area contributed by atoms with Crippen molar-refractivity contribution in [2.75, 3.05) is 19.6 Å². The van der Waals surface area contributed by atoms with Crippen molar-refractivity contribution in [1.82, 2.24) is 8.61 Å². The molecule has 0 bridgehead atoms. The first-order valence-corrected chi connectivity index (χ1v) is 9.63. The zero-order valence-corrected chi connectivity index (χ0v) is 15.0. The highest BCUT2D eigenvalue weighted by molar-refractivity contribution is 7.86. The summed E-state index contributed by atoms with van der Waals surface area (Å²) in [5, 5.41) is 0. The average Bonchev–Trinajstić information content (AvgIpc) is 2.98. The molecule has 26 heavy (non-hydrogen) atoms. The minimum atomic E-state index is -4.39. The summed E-state index contributed by atoms with van der Waals surface area (Å²) < 4.78 is 71.2. The number of rotatable bonds is 6. The van der Waals surface area contributed by atoms with E-state index in [1.807, 2.05) is 0 Å². The van der Waals surface area contributed by atoms with Crippen molar-refractivity contribution in [2.45, 2.75) is 26.1 Å². The first kappa shape index (κ1) is 18.9. The van der Waals surface area contributed by atoms with E-state index in [-0.39, 0.29) is 6.54 Å². The van der Waals surface area contributed by atoms with Crippen LogP contribution in [0.4, 0.5) is 13.2 Å². The lowest BCUT2D eigenvalue weighted by molar-refractivity contribution is -0.137. The zero-order valence-electron chi connectivity index (χ0n) is 14.2. The van der Waals surface area contributed by atoms with Crippen LogP contribution in [0.15, 0.2) is 40.8 Å². The van der Waals surface area contributed by atoms with Gasteiger partial charge in [-0.2, -0.15) is 30.2 Å². The van der Waals surface area contributed by atoms with Crippen molar-refractivity contribution in [2.24, 2.45) is 0 Å². The standard InChI is InChI=1S/C17H19F3N2O3S/c1-2-21(26(23,24)22-10-3-11-22)12-15-8-9-16(25-15)13-4-6-14(7-5-13)17(18,19)20/h4-9H,2-3,10-12H2,1H3. The van der Waals surface area contributed by atoms with Gasteiger partial charge in [0.25, 0.3) is 10.2 Å². The Hall–Kier alpha value is -1.84. The van der Waals surface area contributed by atoms with Crippen LogP contribution < -0.4 is 0 Å². The number of hydrogen-bond donors (Lipinski definition) is 0. The van der Waals surface area contributed by atoms with E-state index >= 15 is 0 Å². The van der Waals surface area contributed by atoms with Gasteiger partial charge in [-0.25, -0.2) is 0 Å². The second kappa shape index (κ2) is 7.05. The molecule has 1 aromatic carbocycles. The molecule has 0 amide bonds. The Labute approximate surface area is 150 Å². The summed E-state index contributed by atoms with van der Waals surface area (Å²) in [6.45, 7) is 3.17. The Bertz CT molecular complexity index is 856. The molecule has 1 aliphatic rings. The SMILES string of the molecule is CCN(Cc1ccc(-c2ccc(C(F)(F)F)cc2)o1)S(=O)(=O)N1CCC1. The van der Waals surface area contributed by atoms with Crippen LogP contribution >= 0.6 is 0 Å². The fraction of sp³-hybridized carbons (Fsp3) is 0.412. The molecule has 1 aromatic heterocycles. The molecule has 9 heteroatoms. The summed E-state index contributed by atoms with van der Waals surface area (Å²) in [4.78, 5) is 0. The molecule has 3 rings (SSSR count). The molecule has 1 aliphatic heterocycles. The molecular weight excluding hydrogens is 369 g/mol. The topological polar surface area (TPSA) is 53.8 Å². The minimum absolute atomic E-state index is 0.0793. The quantitative estimate of drug-likeness (QED) is 0.758. The molecule has 2 heterocycles. The second-order valence-electron chi connectivity index (χ2n) is 6.03. The number of furan rings is 1. The average molecular weight is 388 g/mol. The van der Waals surface area contributed by atoms with Gasteiger partial charge in [-0.05, 0) is 30.7 Å². The van der Waals surface area contributed by atoms with Crippen LogP contribution in [0.1, 0.15) is 24.7 Å². The highest BCUT2D eigenvalue weighted by Crippen LogP contribution is 2.31. The molecule has 0 unspecified atom stereocenters. The Balaban J connectivity index is 1.75. The number of nitrogens with zero attached hydrogens (tertiary/aromatic N) is 2. The van der Waals surface area contributed by atoms with Gasteiger partial charge in [0, 0.05) is 25.2 Å². The highest BCUT2D eigenvalue weighted by atomic mass is 32.2. The maximum Gasteiger partial charge on any atom is 0.416 e. The van der Waals surface area contributed by atoms with Crippen LogP contribution in [0, 0.1) is 0 Å². The van der Waals surface area contributed by atoms with Gasteiger partial charge in [0.2, 0.25) is 0 Å². The fourth-order valence-corrected chi connectivity index (χ4v) is 4.32. The first-order chi connectivity index (χ1) is 12.2. The predicted octanol–water partition coefficient (Wildman–Crippen LogP) is 3.74. The van der Waals surface area contributed by atoms with Crippen LogP contribution in [-0.4, -0.2) is 36.7 Å². The number of halogens is 3. The van der Waals surface area contributed by atoms with Crippen molar-refractivity contribution >= 4 is 10.2 Å². The summed E-state index contributed by atoms with van der Waals surface area (Å²) >= 11 is 0. The maximum atomic E-state index is 12.6. The molecule has 0 atom stereocenters. The number of benzene rings is 1. The molecule has 0 N–H and O–H groups in total. The Kier molecular flexibility index (Phi) is 5.14. The van der Waals surface area contributed by atoms with E-state index in [4.69, 9.17) is 4.42 Å². The van der Waals surface area contributed by atoms with Gasteiger partial charge in [0.05, 0.1) is 12.1 Å². The van der Waals surface area contributed by atoms with Crippen LogP contribution in [0.5, 0.6) is 0 Å². The molecule has 0 spiro atoms. The van der Waals surface area contributed by atoms with Crippen molar-refractivity contribution in [1.29, 1.82) is 0 Å². The van der Waals surface area contributed by atoms with Gasteiger partial charge in [-0.1, -0.05) is 19.1 Å². The van der Waals surface area contributed by atoms with Crippen LogP contribution in [0.2, 0.25) is 0 Å². The van der Waals surface area contributed by atoms with Gasteiger partial charge < -0.3 is 4.42 Å². The molecule has 142 valence electrons. The molecular formula is C17H19F3N2O3S. The zero-order chi connectivity index (χ0) is 18.9. The van der Waals surface area contributed by atoms with Crippen LogP contribution in [0.3, 0.4) is 0 Å². The van der Waals surface area contributed by atoms with E-state index in [1.54, 1.807) is 19.1 Å². The smallest absolute Gasteiger partial charge is 0.416 e. The largest absolute Gasteiger partial charge is 0.460 e. The summed E-state index contributed by atoms with van der Waals surface area (Å²) in [6.07, 6.45) is -3.53. The van der Waals surface area contributed by atoms with Gasteiger partial charge in [0.1, 0.15) is 11.5 Å². The Morgan fingerprint density at radius 2 is 1.77 bits per heavy atom. The molecule has 0 aliphatic carbocycles. The van der Waals surface area contributed by atoms with E-state index < -0.39 is 21.9 Å². The van der Waals surface area contributed by atoms with E-state index in [1.165, 1.54) is 20.7 Å². The summed E-state index contributed by atoms with van der Waals surface area (Å²) in [5.74, 6) is 0.831. The summed E-state index contributed by atoms with van der Waals surface area (Å²) in [7, 11) is -3.51. The Morgan fingerprint density at radius 1 is 1.12 bits per heavy atom. The highest BCUT2D eigenvalue weighted by Gasteiger charge is 2.33. The van der Waals surface area contributed by atoms with Crippen molar-refractivity contribution < 1.29 is 26.0 Å². The van der Waals surface area contributed by atoms with Gasteiger partial charge >= 0.3 is 6.18 Å². The summed E-state index contributed by atoms with van der Waals surface area (Å²) in [6, 6.07) is 7.91. The van der Waals surface area contributed by atoms with Crippen LogP contribution in [0.25, 0.3) is 11.3 Å². The lowest BCUT2D eigenvalue weighted by Crippen LogP contribution is -2.49. The van der Waals surface area contributed by atoms with Gasteiger partial charge in [-0.3, -0.25) is 0 Å². The monoisotopic (exact) mass is 388 g/mol. The lowest BCUT2D eigenvalue weighted by Gasteiger charge is -2.34. The van der Waals surface area contributed by atoms with E-state index in [9.17, 15) is 21.6 Å². The second-order valence-corrected chi connectivity index (χ2v) is 7.96. The molecule has 5 nitrogen and oxygen atoms in total. The number of alkyl halides is 3. The van der Waals surface area contributed by atoms with Crippen molar-refractivity contribution in [3.63, 3.8) is 0 Å². The Morgan fingerprint density at radius 3 is 2.27 bits per heavy atom. The molecule has 1 fully saturated rings. The molecule has 0 saturated carbocycles.